The molecule has 2 aromatic rings. The summed E-state index contributed by atoms with van der Waals surface area (Å²) in [5, 5.41) is 8.48. The molecule has 0 spiro atoms. The number of benzene rings is 1. The van der Waals surface area contributed by atoms with Crippen molar-refractivity contribution >= 4 is 17.6 Å². The minimum atomic E-state index is -1.35. The van der Waals surface area contributed by atoms with Crippen molar-refractivity contribution in [1.82, 2.24) is 4.98 Å². The standard InChI is InChI=1S/C10H5ClFNO3/c11-10-13-7(8(16-10)9(14)15)5-3-1-2-4-6(5)12/h1-4H,(H,14,15). The molecule has 4 nitrogen and oxygen atoms in total. The first-order chi connectivity index (χ1) is 7.59. The molecule has 0 unspecified atom stereocenters. The van der Waals surface area contributed by atoms with E-state index in [1.54, 1.807) is 6.07 Å². The van der Waals surface area contributed by atoms with Gasteiger partial charge >= 0.3 is 5.97 Å². The molecule has 0 saturated heterocycles. The molecule has 1 heterocycles. The Balaban J connectivity index is 2.64. The van der Waals surface area contributed by atoms with Gasteiger partial charge in [-0.2, -0.15) is 4.98 Å². The van der Waals surface area contributed by atoms with Crippen molar-refractivity contribution in [2.75, 3.05) is 0 Å². The minimum absolute atomic E-state index is 0.0375. The summed E-state index contributed by atoms with van der Waals surface area (Å²) in [5.41, 5.74) is -0.0776. The second-order valence-electron chi connectivity index (χ2n) is 2.93. The third kappa shape index (κ3) is 1.77. The number of hydrogen-bond donors (Lipinski definition) is 1. The van der Waals surface area contributed by atoms with Gasteiger partial charge in [0.2, 0.25) is 5.76 Å². The Hall–Kier alpha value is -1.88. The van der Waals surface area contributed by atoms with Crippen molar-refractivity contribution in [2.45, 2.75) is 0 Å². The van der Waals surface area contributed by atoms with E-state index in [0.717, 1.165) is 0 Å². The van der Waals surface area contributed by atoms with Crippen molar-refractivity contribution in [3.8, 4) is 11.3 Å². The summed E-state index contributed by atoms with van der Waals surface area (Å²) in [7, 11) is 0. The van der Waals surface area contributed by atoms with E-state index in [2.05, 4.69) is 9.40 Å². The Morgan fingerprint density at radius 2 is 2.12 bits per heavy atom. The molecule has 0 aliphatic heterocycles. The third-order valence-corrected chi connectivity index (χ3v) is 2.09. The van der Waals surface area contributed by atoms with E-state index >= 15 is 0 Å². The van der Waals surface area contributed by atoms with E-state index in [4.69, 9.17) is 16.7 Å². The maximum Gasteiger partial charge on any atom is 0.374 e. The van der Waals surface area contributed by atoms with Crippen LogP contribution in [0.25, 0.3) is 11.3 Å². The lowest BCUT2D eigenvalue weighted by atomic mass is 10.1. The molecule has 0 radical (unpaired) electrons. The zero-order chi connectivity index (χ0) is 11.7. The van der Waals surface area contributed by atoms with E-state index < -0.39 is 17.5 Å². The number of halogens is 2. The van der Waals surface area contributed by atoms with Crippen LogP contribution in [-0.2, 0) is 0 Å². The Morgan fingerprint density at radius 3 is 2.75 bits per heavy atom. The Morgan fingerprint density at radius 1 is 1.44 bits per heavy atom. The number of rotatable bonds is 2. The number of aromatic nitrogens is 1. The molecular weight excluding hydrogens is 237 g/mol. The molecule has 6 heteroatoms. The predicted octanol–water partition coefficient (Wildman–Crippen LogP) is 2.83. The summed E-state index contributed by atoms with van der Waals surface area (Å²) in [6, 6.07) is 5.65. The second kappa shape index (κ2) is 3.94. The number of nitrogens with zero attached hydrogens (tertiary/aromatic N) is 1. The molecule has 1 N–H and O–H groups in total. The van der Waals surface area contributed by atoms with Crippen molar-refractivity contribution < 1.29 is 18.7 Å². The van der Waals surface area contributed by atoms with Gasteiger partial charge in [-0.1, -0.05) is 12.1 Å². The molecule has 0 amide bonds. The molecule has 0 aliphatic carbocycles. The Kier molecular flexibility index (Phi) is 2.62. The molecule has 2 rings (SSSR count). The lowest BCUT2D eigenvalue weighted by Gasteiger charge is -1.98. The summed E-state index contributed by atoms with van der Waals surface area (Å²) < 4.78 is 18.1. The number of carbonyl (C=O) groups is 1. The average Bonchev–Trinajstić information content (AvgIpc) is 2.61. The molecule has 0 bridgehead atoms. The van der Waals surface area contributed by atoms with E-state index in [-0.39, 0.29) is 16.6 Å². The smallest absolute Gasteiger partial charge is 0.374 e. The van der Waals surface area contributed by atoms with Gasteiger partial charge in [-0.05, 0) is 23.7 Å². The maximum absolute atomic E-state index is 13.4. The average molecular weight is 242 g/mol. The molecule has 82 valence electrons. The first-order valence-corrected chi connectivity index (χ1v) is 4.62. The van der Waals surface area contributed by atoms with Gasteiger partial charge in [0, 0.05) is 5.56 Å². The van der Waals surface area contributed by atoms with Crippen molar-refractivity contribution in [2.24, 2.45) is 0 Å². The highest BCUT2D eigenvalue weighted by Gasteiger charge is 2.22. The first-order valence-electron chi connectivity index (χ1n) is 4.24. The molecular formula is C10H5ClFNO3. The Bertz CT molecular complexity index is 553. The van der Waals surface area contributed by atoms with Gasteiger partial charge in [0.05, 0.1) is 0 Å². The summed E-state index contributed by atoms with van der Waals surface area (Å²) in [6.07, 6.45) is 0. The van der Waals surface area contributed by atoms with Crippen LogP contribution in [0.1, 0.15) is 10.6 Å². The van der Waals surface area contributed by atoms with Gasteiger partial charge in [0.25, 0.3) is 5.35 Å². The van der Waals surface area contributed by atoms with Crippen LogP contribution in [0, 0.1) is 5.82 Å². The molecule has 1 aromatic carbocycles. The fraction of sp³-hybridized carbons (Fsp3) is 0. The first kappa shape index (κ1) is 10.6. The van der Waals surface area contributed by atoms with Gasteiger partial charge in [0.15, 0.2) is 0 Å². The lowest BCUT2D eigenvalue weighted by molar-refractivity contribution is 0.0663. The highest BCUT2D eigenvalue weighted by Crippen LogP contribution is 2.27. The fourth-order valence-electron chi connectivity index (χ4n) is 1.27. The van der Waals surface area contributed by atoms with Gasteiger partial charge in [-0.15, -0.1) is 0 Å². The quantitative estimate of drug-likeness (QED) is 0.878. The largest absolute Gasteiger partial charge is 0.475 e. The number of oxazole rings is 1. The van der Waals surface area contributed by atoms with Crippen LogP contribution in [0.15, 0.2) is 28.7 Å². The number of carboxylic acids is 1. The van der Waals surface area contributed by atoms with Crippen molar-refractivity contribution in [1.29, 1.82) is 0 Å². The molecule has 16 heavy (non-hydrogen) atoms. The monoisotopic (exact) mass is 241 g/mol. The van der Waals surface area contributed by atoms with Crippen LogP contribution >= 0.6 is 11.6 Å². The third-order valence-electron chi connectivity index (χ3n) is 1.92. The van der Waals surface area contributed by atoms with Gasteiger partial charge < -0.3 is 9.52 Å². The SMILES string of the molecule is O=C(O)c1oc(Cl)nc1-c1ccccc1F. The minimum Gasteiger partial charge on any atom is -0.475 e. The normalized spacial score (nSPS) is 10.4. The maximum atomic E-state index is 13.4. The van der Waals surface area contributed by atoms with E-state index in [1.165, 1.54) is 18.2 Å². The zero-order valence-electron chi connectivity index (χ0n) is 7.78. The summed E-state index contributed by atoms with van der Waals surface area (Å²) >= 11 is 5.45. The van der Waals surface area contributed by atoms with Crippen LogP contribution in [0.2, 0.25) is 5.35 Å². The molecule has 0 atom stereocenters. The highest BCUT2D eigenvalue weighted by molar-refractivity contribution is 6.28. The number of aromatic carboxylic acids is 1. The van der Waals surface area contributed by atoms with Crippen molar-refractivity contribution in [3.63, 3.8) is 0 Å². The van der Waals surface area contributed by atoms with E-state index in [9.17, 15) is 9.18 Å². The van der Waals surface area contributed by atoms with Gasteiger partial charge in [0.1, 0.15) is 11.5 Å². The van der Waals surface area contributed by atoms with Crippen LogP contribution in [0.5, 0.6) is 0 Å². The topological polar surface area (TPSA) is 63.3 Å². The van der Waals surface area contributed by atoms with Crippen LogP contribution < -0.4 is 0 Å². The van der Waals surface area contributed by atoms with E-state index in [0.29, 0.717) is 0 Å². The molecule has 0 aliphatic rings. The van der Waals surface area contributed by atoms with Gasteiger partial charge in [-0.25, -0.2) is 9.18 Å². The van der Waals surface area contributed by atoms with Crippen LogP contribution in [0.4, 0.5) is 4.39 Å². The van der Waals surface area contributed by atoms with Gasteiger partial charge in [-0.3, -0.25) is 0 Å². The molecule has 0 fully saturated rings. The molecule has 1 aromatic heterocycles. The zero-order valence-corrected chi connectivity index (χ0v) is 8.53. The summed E-state index contributed by atoms with van der Waals surface area (Å²) in [5.74, 6) is -2.41. The lowest BCUT2D eigenvalue weighted by Crippen LogP contribution is -1.97. The number of hydrogen-bond acceptors (Lipinski definition) is 3. The van der Waals surface area contributed by atoms with Crippen molar-refractivity contribution in [3.05, 3.63) is 41.2 Å². The fourth-order valence-corrected chi connectivity index (χ4v) is 1.44. The Labute approximate surface area is 94.3 Å². The summed E-state index contributed by atoms with van der Waals surface area (Å²) in [6.45, 7) is 0. The summed E-state index contributed by atoms with van der Waals surface area (Å²) in [4.78, 5) is 14.4. The van der Waals surface area contributed by atoms with E-state index in [1.807, 2.05) is 0 Å². The van der Waals surface area contributed by atoms with Crippen LogP contribution in [-0.4, -0.2) is 16.1 Å². The second-order valence-corrected chi connectivity index (χ2v) is 3.25. The number of carboxylic acid groups (broad SMARTS) is 1. The molecule has 0 saturated carbocycles. The van der Waals surface area contributed by atoms with Crippen LogP contribution in [0.3, 0.4) is 0 Å². The predicted molar refractivity (Wildman–Crippen MR) is 53.9 cm³/mol. The highest BCUT2D eigenvalue weighted by atomic mass is 35.5.